The van der Waals surface area contributed by atoms with Crippen LogP contribution in [0.3, 0.4) is 0 Å². The van der Waals surface area contributed by atoms with Crippen LogP contribution in [0, 0.1) is 0 Å². The second kappa shape index (κ2) is 8.30. The smallest absolute Gasteiger partial charge is 0.402 e. The van der Waals surface area contributed by atoms with Crippen LogP contribution in [0.1, 0.15) is 0 Å². The zero-order chi connectivity index (χ0) is 23.2. The van der Waals surface area contributed by atoms with Gasteiger partial charge in [-0.3, -0.25) is 0 Å². The van der Waals surface area contributed by atoms with Gasteiger partial charge in [0, 0.05) is 18.2 Å². The maximum absolute atomic E-state index is 10.4. The van der Waals surface area contributed by atoms with E-state index in [2.05, 4.69) is 0 Å². The van der Waals surface area contributed by atoms with E-state index < -0.39 is 43.1 Å². The number of ether oxygens (including phenoxy) is 2. The van der Waals surface area contributed by atoms with Gasteiger partial charge in [-0.1, -0.05) is 0 Å². The highest BCUT2D eigenvalue weighted by Crippen LogP contribution is 2.41. The summed E-state index contributed by atoms with van der Waals surface area (Å²) in [6.45, 7) is -0.635. The molecule has 11 nitrogen and oxygen atoms in total. The molecule has 32 heavy (non-hydrogen) atoms. The summed E-state index contributed by atoms with van der Waals surface area (Å²) < 4.78 is 16.2. The first-order valence-electron chi connectivity index (χ1n) is 9.52. The number of fused-ring (bicyclic) bond motifs is 1. The van der Waals surface area contributed by atoms with Crippen LogP contribution in [-0.2, 0) is 4.74 Å². The zero-order valence-electron chi connectivity index (χ0n) is 16.4. The first-order valence-corrected chi connectivity index (χ1v) is 9.52. The molecule has 170 valence electrons. The van der Waals surface area contributed by atoms with E-state index >= 15 is 0 Å². The monoisotopic (exact) mass is 449 g/mol. The summed E-state index contributed by atoms with van der Waals surface area (Å²) in [7, 11) is 0. The number of benzene rings is 2. The van der Waals surface area contributed by atoms with Gasteiger partial charge in [0.05, 0.1) is 18.2 Å². The normalized spacial score (nSPS) is 25.7. The molecule has 2 aromatic carbocycles. The van der Waals surface area contributed by atoms with Gasteiger partial charge in [-0.15, -0.1) is 0 Å². The molecule has 0 radical (unpaired) electrons. The Hall–Kier alpha value is -3.35. The number of hydrogen-bond donors (Lipinski definition) is 8. The molecule has 1 aliphatic rings. The number of aliphatic hydroxyl groups is 4. The third kappa shape index (κ3) is 3.83. The number of aliphatic hydroxyl groups excluding tert-OH is 4. The van der Waals surface area contributed by atoms with Gasteiger partial charge < -0.3 is 50.3 Å². The van der Waals surface area contributed by atoms with Gasteiger partial charge in [-0.2, -0.15) is 0 Å². The minimum Gasteiger partial charge on any atom is -0.507 e. The molecule has 3 aromatic rings. The molecule has 0 bridgehead atoms. The Bertz CT molecular complexity index is 1150. The van der Waals surface area contributed by atoms with E-state index in [1.54, 1.807) is 0 Å². The Morgan fingerprint density at radius 2 is 1.59 bits per heavy atom. The summed E-state index contributed by atoms with van der Waals surface area (Å²) in [5, 5.41) is 79.4. The van der Waals surface area contributed by atoms with E-state index in [0.29, 0.717) is 0 Å². The summed E-state index contributed by atoms with van der Waals surface area (Å²) >= 11 is 0. The fraction of sp³-hybridized carbons (Fsp3) is 0.286. The van der Waals surface area contributed by atoms with E-state index in [1.165, 1.54) is 30.3 Å². The van der Waals surface area contributed by atoms with E-state index in [0.717, 1.165) is 6.07 Å². The summed E-state index contributed by atoms with van der Waals surface area (Å²) in [6.07, 6.45) is -7.53. The molecule has 0 aliphatic carbocycles. The quantitative estimate of drug-likeness (QED) is 0.257. The number of hydrogen-bond acceptors (Lipinski definition) is 10. The SMILES string of the molecule is OC[C@H]1O[C@@H](Oc2ccc(-c3[o+]c4cc(O)cc(O)c4cc3O)cc2O)[C@@H](O)[C@H](O)[C@@H]1O. The van der Waals surface area contributed by atoms with Crippen LogP contribution >= 0.6 is 0 Å². The third-order valence-electron chi connectivity index (χ3n) is 5.14. The van der Waals surface area contributed by atoms with Crippen molar-refractivity contribution in [2.24, 2.45) is 0 Å². The Morgan fingerprint density at radius 3 is 2.28 bits per heavy atom. The molecule has 5 atom stereocenters. The first kappa shape index (κ1) is 21.9. The van der Waals surface area contributed by atoms with E-state index in [-0.39, 0.29) is 45.3 Å². The van der Waals surface area contributed by atoms with E-state index in [9.17, 15) is 40.9 Å². The van der Waals surface area contributed by atoms with Gasteiger partial charge in [0.2, 0.25) is 12.0 Å². The standard InChI is InChI=1S/C21H20O11/c22-7-16-17(27)18(28)19(29)21(32-16)31-14-2-1-8(3-12(14)25)20-13(26)6-10-11(24)4-9(23)5-15(10)30-20/h1-6,16-19,21-22,27-29H,7H2,(H3-,23,24,25,26)/p+1/t16-,17-,18-,19+,21-/m1/s1. The van der Waals surface area contributed by atoms with Gasteiger partial charge >= 0.3 is 11.3 Å². The van der Waals surface area contributed by atoms with Crippen molar-refractivity contribution in [3.63, 3.8) is 0 Å². The van der Waals surface area contributed by atoms with Crippen LogP contribution in [0.2, 0.25) is 0 Å². The van der Waals surface area contributed by atoms with Crippen LogP contribution in [0.15, 0.2) is 40.8 Å². The molecule has 1 saturated heterocycles. The van der Waals surface area contributed by atoms with Gasteiger partial charge in [-0.05, 0) is 12.1 Å². The molecular weight excluding hydrogens is 428 g/mol. The second-order valence-electron chi connectivity index (χ2n) is 7.34. The molecule has 0 saturated carbocycles. The summed E-state index contributed by atoms with van der Waals surface area (Å²) in [5.41, 5.74) is 0.294. The van der Waals surface area contributed by atoms with Crippen LogP contribution in [0.4, 0.5) is 0 Å². The fourth-order valence-corrected chi connectivity index (χ4v) is 3.45. The summed E-state index contributed by atoms with van der Waals surface area (Å²) in [4.78, 5) is 0. The zero-order valence-corrected chi connectivity index (χ0v) is 16.4. The van der Waals surface area contributed by atoms with Gasteiger partial charge in [0.25, 0.3) is 0 Å². The van der Waals surface area contributed by atoms with Crippen LogP contribution < -0.4 is 4.74 Å². The second-order valence-corrected chi connectivity index (χ2v) is 7.34. The molecule has 1 aromatic heterocycles. The Labute approximate surface area is 180 Å². The van der Waals surface area contributed by atoms with Crippen molar-refractivity contribution in [3.05, 3.63) is 36.4 Å². The lowest BCUT2D eigenvalue weighted by Crippen LogP contribution is -2.60. The molecule has 0 amide bonds. The molecule has 1 fully saturated rings. The summed E-state index contributed by atoms with van der Waals surface area (Å²) in [5.74, 6) is -1.56. The fourth-order valence-electron chi connectivity index (χ4n) is 3.45. The number of aromatic hydroxyl groups is 4. The molecule has 0 unspecified atom stereocenters. The van der Waals surface area contributed by atoms with Crippen molar-refractivity contribution < 1.29 is 54.7 Å². The van der Waals surface area contributed by atoms with Gasteiger partial charge in [0.15, 0.2) is 11.5 Å². The molecule has 2 heterocycles. The average molecular weight is 449 g/mol. The van der Waals surface area contributed by atoms with E-state index in [4.69, 9.17) is 13.9 Å². The van der Waals surface area contributed by atoms with Gasteiger partial charge in [0.1, 0.15) is 41.3 Å². The largest absolute Gasteiger partial charge is 0.507 e. The minimum atomic E-state index is -1.66. The molecule has 11 heteroatoms. The predicted octanol–water partition coefficient (Wildman–Crippen LogP) is 0.382. The third-order valence-corrected chi connectivity index (χ3v) is 5.14. The van der Waals surface area contributed by atoms with Crippen molar-refractivity contribution in [1.29, 1.82) is 0 Å². The minimum absolute atomic E-state index is 0.0720. The topological polar surface area (TPSA) is 192 Å². The molecule has 1 aliphatic heterocycles. The van der Waals surface area contributed by atoms with Crippen molar-refractivity contribution in [2.75, 3.05) is 6.61 Å². The van der Waals surface area contributed by atoms with Crippen molar-refractivity contribution >= 4 is 11.0 Å². The highest BCUT2D eigenvalue weighted by Gasteiger charge is 2.45. The van der Waals surface area contributed by atoms with Crippen molar-refractivity contribution in [1.82, 2.24) is 0 Å². The Kier molecular flexibility index (Phi) is 5.67. The summed E-state index contributed by atoms with van der Waals surface area (Å²) in [6, 6.07) is 7.45. The van der Waals surface area contributed by atoms with Crippen LogP contribution in [0.5, 0.6) is 28.7 Å². The van der Waals surface area contributed by atoms with Gasteiger partial charge in [-0.25, -0.2) is 4.42 Å². The van der Waals surface area contributed by atoms with Crippen LogP contribution in [-0.4, -0.2) is 78.2 Å². The van der Waals surface area contributed by atoms with E-state index in [1.807, 2.05) is 0 Å². The highest BCUT2D eigenvalue weighted by molar-refractivity contribution is 5.88. The lowest BCUT2D eigenvalue weighted by atomic mass is 9.99. The number of rotatable bonds is 4. The van der Waals surface area contributed by atoms with Crippen LogP contribution in [0.25, 0.3) is 22.3 Å². The molecular formula is C21H21O11+. The Morgan fingerprint density at radius 1 is 0.844 bits per heavy atom. The Balaban J connectivity index is 1.63. The number of phenolic OH excluding ortho intramolecular Hbond substituents is 3. The van der Waals surface area contributed by atoms with Crippen molar-refractivity contribution in [2.45, 2.75) is 30.7 Å². The predicted molar refractivity (Wildman–Crippen MR) is 107 cm³/mol. The molecule has 0 spiro atoms. The molecule has 8 N–H and O–H groups in total. The first-order chi connectivity index (χ1) is 15.2. The maximum atomic E-state index is 10.4. The highest BCUT2D eigenvalue weighted by atomic mass is 16.7. The maximum Gasteiger partial charge on any atom is 0.402 e. The average Bonchev–Trinajstić information content (AvgIpc) is 2.75. The lowest BCUT2D eigenvalue weighted by Gasteiger charge is -2.39. The lowest BCUT2D eigenvalue weighted by molar-refractivity contribution is -0.277. The number of phenols is 3. The van der Waals surface area contributed by atoms with Crippen molar-refractivity contribution in [3.8, 4) is 40.1 Å². The molecule has 4 rings (SSSR count).